The average molecular weight is 310 g/mol. The van der Waals surface area contributed by atoms with Crippen molar-refractivity contribution in [2.45, 2.75) is 13.3 Å². The highest BCUT2D eigenvalue weighted by atomic mass is 79.9. The van der Waals surface area contributed by atoms with Crippen LogP contribution in [0.25, 0.3) is 11.3 Å². The molecule has 1 aromatic carbocycles. The van der Waals surface area contributed by atoms with E-state index in [1.54, 1.807) is 0 Å². The Morgan fingerprint density at radius 1 is 1.44 bits per heavy atom. The molecule has 0 radical (unpaired) electrons. The van der Waals surface area contributed by atoms with E-state index in [1.807, 2.05) is 12.1 Å². The summed E-state index contributed by atoms with van der Waals surface area (Å²) < 4.78 is 11.8. The van der Waals surface area contributed by atoms with E-state index in [2.05, 4.69) is 33.1 Å². The number of nitrogen functional groups attached to an aromatic ring is 1. The van der Waals surface area contributed by atoms with Gasteiger partial charge in [-0.25, -0.2) is 0 Å². The Balaban J connectivity index is 2.23. The Labute approximate surface area is 112 Å². The maximum absolute atomic E-state index is 5.65. The van der Waals surface area contributed by atoms with Crippen LogP contribution in [0.3, 0.4) is 0 Å². The molecular formula is C12H12BrN3O2. The Bertz CT molecular complexity index is 610. The summed E-state index contributed by atoms with van der Waals surface area (Å²) in [4.78, 5) is 0. The van der Waals surface area contributed by atoms with E-state index >= 15 is 0 Å². The smallest absolute Gasteiger partial charge is 0.231 e. The van der Waals surface area contributed by atoms with E-state index in [9.17, 15) is 0 Å². The number of ether oxygens (including phenoxy) is 2. The molecule has 0 spiro atoms. The first kappa shape index (κ1) is 11.4. The largest absolute Gasteiger partial charge is 0.454 e. The van der Waals surface area contributed by atoms with E-state index in [0.29, 0.717) is 5.82 Å². The van der Waals surface area contributed by atoms with Crippen molar-refractivity contribution in [1.82, 2.24) is 10.2 Å². The number of hydrogen-bond acceptors (Lipinski definition) is 4. The molecule has 0 bridgehead atoms. The molecule has 0 saturated carbocycles. The molecule has 18 heavy (non-hydrogen) atoms. The van der Waals surface area contributed by atoms with Crippen LogP contribution in [0.1, 0.15) is 12.5 Å². The number of fused-ring (bicyclic) bond motifs is 1. The number of anilines is 1. The second-order valence-corrected chi connectivity index (χ2v) is 4.80. The lowest BCUT2D eigenvalue weighted by atomic mass is 10.0. The first-order valence-electron chi connectivity index (χ1n) is 5.63. The highest BCUT2D eigenvalue weighted by Gasteiger charge is 2.23. The molecule has 1 aliphatic rings. The highest BCUT2D eigenvalue weighted by Crippen LogP contribution is 2.45. The van der Waals surface area contributed by atoms with Crippen LogP contribution in [-0.4, -0.2) is 17.0 Å². The lowest BCUT2D eigenvalue weighted by Gasteiger charge is -2.11. The zero-order chi connectivity index (χ0) is 12.7. The summed E-state index contributed by atoms with van der Waals surface area (Å²) in [6, 6.07) is 3.77. The molecule has 0 saturated heterocycles. The lowest BCUT2D eigenvalue weighted by Crippen LogP contribution is -1.93. The average Bonchev–Trinajstić information content (AvgIpc) is 2.97. The van der Waals surface area contributed by atoms with Crippen molar-refractivity contribution in [3.05, 3.63) is 22.2 Å². The van der Waals surface area contributed by atoms with Gasteiger partial charge < -0.3 is 15.2 Å². The van der Waals surface area contributed by atoms with Gasteiger partial charge in [0.15, 0.2) is 11.5 Å². The molecule has 2 aromatic rings. The maximum Gasteiger partial charge on any atom is 0.231 e. The van der Waals surface area contributed by atoms with Crippen molar-refractivity contribution in [2.24, 2.45) is 0 Å². The molecule has 0 unspecified atom stereocenters. The molecule has 3 N–H and O–H groups in total. The van der Waals surface area contributed by atoms with Gasteiger partial charge in [-0.2, -0.15) is 5.10 Å². The second kappa shape index (κ2) is 4.20. The topological polar surface area (TPSA) is 73.2 Å². The van der Waals surface area contributed by atoms with Gasteiger partial charge in [0.25, 0.3) is 0 Å². The first-order chi connectivity index (χ1) is 8.70. The third-order valence-corrected chi connectivity index (χ3v) is 3.79. The van der Waals surface area contributed by atoms with Gasteiger partial charge in [0.1, 0.15) is 5.82 Å². The molecule has 1 aliphatic heterocycles. The van der Waals surface area contributed by atoms with Crippen molar-refractivity contribution < 1.29 is 9.47 Å². The summed E-state index contributed by atoms with van der Waals surface area (Å²) in [5.74, 6) is 1.98. The minimum absolute atomic E-state index is 0.256. The molecule has 0 atom stereocenters. The van der Waals surface area contributed by atoms with Gasteiger partial charge in [-0.15, -0.1) is 0 Å². The number of nitrogens with one attached hydrogen (secondary N) is 1. The van der Waals surface area contributed by atoms with Crippen LogP contribution in [0.4, 0.5) is 5.82 Å². The molecule has 94 valence electrons. The molecule has 0 fully saturated rings. The lowest BCUT2D eigenvalue weighted by molar-refractivity contribution is 0.173. The normalized spacial score (nSPS) is 13.0. The number of rotatable bonds is 2. The fourth-order valence-corrected chi connectivity index (χ4v) is 2.91. The standard InChI is InChI=1S/C12H12BrN3O2/c1-2-6-7(8-4-10(14)16-15-8)3-9-12(11(6)13)18-5-17-9/h3-4H,2,5H2,1H3,(H3,14,15,16). The number of benzene rings is 1. The number of H-pyrrole nitrogens is 1. The predicted molar refractivity (Wildman–Crippen MR) is 71.6 cm³/mol. The zero-order valence-corrected chi connectivity index (χ0v) is 11.4. The van der Waals surface area contributed by atoms with Crippen molar-refractivity contribution in [3.8, 4) is 22.8 Å². The summed E-state index contributed by atoms with van der Waals surface area (Å²) in [6.45, 7) is 2.34. The van der Waals surface area contributed by atoms with E-state index < -0.39 is 0 Å². The van der Waals surface area contributed by atoms with Crippen LogP contribution in [0.5, 0.6) is 11.5 Å². The number of halogens is 1. The first-order valence-corrected chi connectivity index (χ1v) is 6.42. The van der Waals surface area contributed by atoms with Crippen molar-refractivity contribution >= 4 is 21.7 Å². The Hall–Kier alpha value is -1.69. The van der Waals surface area contributed by atoms with Crippen LogP contribution in [0.2, 0.25) is 0 Å². The molecule has 2 heterocycles. The van der Waals surface area contributed by atoms with E-state index in [0.717, 1.165) is 39.2 Å². The number of nitrogens with two attached hydrogens (primary N) is 1. The highest BCUT2D eigenvalue weighted by molar-refractivity contribution is 9.10. The Kier molecular flexibility index (Phi) is 2.66. The van der Waals surface area contributed by atoms with Gasteiger partial charge in [-0.1, -0.05) is 6.92 Å². The molecule has 6 heteroatoms. The summed E-state index contributed by atoms with van der Waals surface area (Å²) in [6.07, 6.45) is 0.867. The number of aromatic nitrogens is 2. The summed E-state index contributed by atoms with van der Waals surface area (Å²) in [5, 5.41) is 6.88. The zero-order valence-electron chi connectivity index (χ0n) is 9.79. The number of nitrogens with zero attached hydrogens (tertiary/aromatic N) is 1. The Morgan fingerprint density at radius 2 is 2.28 bits per heavy atom. The third-order valence-electron chi connectivity index (χ3n) is 2.95. The van der Waals surface area contributed by atoms with E-state index in [1.165, 1.54) is 0 Å². The van der Waals surface area contributed by atoms with Gasteiger partial charge in [-0.3, -0.25) is 5.10 Å². The molecule has 0 aliphatic carbocycles. The quantitative estimate of drug-likeness (QED) is 0.894. The minimum atomic E-state index is 0.256. The van der Waals surface area contributed by atoms with Crippen LogP contribution in [-0.2, 0) is 6.42 Å². The number of aromatic amines is 1. The summed E-state index contributed by atoms with van der Waals surface area (Å²) in [5.41, 5.74) is 8.69. The van der Waals surface area contributed by atoms with Crippen LogP contribution in [0.15, 0.2) is 16.6 Å². The second-order valence-electron chi connectivity index (χ2n) is 4.01. The van der Waals surface area contributed by atoms with Crippen molar-refractivity contribution in [1.29, 1.82) is 0 Å². The molecule has 5 nitrogen and oxygen atoms in total. The number of hydrogen-bond donors (Lipinski definition) is 2. The van der Waals surface area contributed by atoms with Crippen molar-refractivity contribution in [2.75, 3.05) is 12.5 Å². The molecule has 0 amide bonds. The maximum atomic E-state index is 5.65. The predicted octanol–water partition coefficient (Wildman–Crippen LogP) is 2.71. The van der Waals surface area contributed by atoms with Gasteiger partial charge in [-0.05, 0) is 34.0 Å². The van der Waals surface area contributed by atoms with Gasteiger partial charge in [0.2, 0.25) is 6.79 Å². The summed E-state index contributed by atoms with van der Waals surface area (Å²) in [7, 11) is 0. The van der Waals surface area contributed by atoms with Crippen LogP contribution >= 0.6 is 15.9 Å². The minimum Gasteiger partial charge on any atom is -0.454 e. The monoisotopic (exact) mass is 309 g/mol. The van der Waals surface area contributed by atoms with Crippen LogP contribution in [0, 0.1) is 0 Å². The summed E-state index contributed by atoms with van der Waals surface area (Å²) >= 11 is 3.58. The third kappa shape index (κ3) is 1.64. The molecular weight excluding hydrogens is 298 g/mol. The van der Waals surface area contributed by atoms with Crippen LogP contribution < -0.4 is 15.2 Å². The Morgan fingerprint density at radius 3 is 2.94 bits per heavy atom. The van der Waals surface area contributed by atoms with E-state index in [4.69, 9.17) is 15.2 Å². The SMILES string of the molecule is CCc1c(-c2cc(N)n[nH]2)cc2c(c1Br)OCO2. The fraction of sp³-hybridized carbons (Fsp3) is 0.250. The van der Waals surface area contributed by atoms with Crippen molar-refractivity contribution in [3.63, 3.8) is 0 Å². The fourth-order valence-electron chi connectivity index (χ4n) is 2.10. The van der Waals surface area contributed by atoms with Gasteiger partial charge in [0, 0.05) is 11.6 Å². The molecule has 3 rings (SSSR count). The van der Waals surface area contributed by atoms with Gasteiger partial charge in [0.05, 0.1) is 10.2 Å². The van der Waals surface area contributed by atoms with Gasteiger partial charge >= 0.3 is 0 Å². The molecule has 1 aromatic heterocycles. The van der Waals surface area contributed by atoms with E-state index in [-0.39, 0.29) is 6.79 Å².